The van der Waals surface area contributed by atoms with Crippen LogP contribution in [0.3, 0.4) is 0 Å². The van der Waals surface area contributed by atoms with Crippen LogP contribution in [0.2, 0.25) is 0 Å². The molecule has 0 aromatic heterocycles. The minimum Gasteiger partial charge on any atom is -0.433 e. The standard InChI is InChI=1S/C17H27NO3.ClH/c1-12(2)14-8-7-9-15(13(3)4)16(14)21-17(19)20-11-10-18(5)6;/h7-9,12-13H,10-11H2,1-6H3;1H. The van der Waals surface area contributed by atoms with Gasteiger partial charge in [-0.05, 0) is 37.1 Å². The Hall–Kier alpha value is -1.26. The molecule has 0 atom stereocenters. The van der Waals surface area contributed by atoms with Crippen LogP contribution < -0.4 is 4.74 Å². The number of hydrogen-bond acceptors (Lipinski definition) is 4. The first-order chi connectivity index (χ1) is 9.82. The van der Waals surface area contributed by atoms with E-state index in [9.17, 15) is 4.79 Å². The quantitative estimate of drug-likeness (QED) is 0.571. The number of carbonyl (C=O) groups excluding carboxylic acids is 1. The summed E-state index contributed by atoms with van der Waals surface area (Å²) in [6.07, 6.45) is -0.633. The van der Waals surface area contributed by atoms with Gasteiger partial charge in [0.05, 0.1) is 0 Å². The molecule has 126 valence electrons. The molecule has 0 amide bonds. The minimum atomic E-state index is -0.633. The summed E-state index contributed by atoms with van der Waals surface area (Å²) in [5, 5.41) is 0. The number of hydrogen-bond donors (Lipinski definition) is 0. The van der Waals surface area contributed by atoms with E-state index in [2.05, 4.69) is 27.7 Å². The third kappa shape index (κ3) is 6.24. The fourth-order valence-corrected chi connectivity index (χ4v) is 2.02. The molecule has 0 fully saturated rings. The number of ether oxygens (including phenoxy) is 2. The van der Waals surface area contributed by atoms with Gasteiger partial charge in [0.25, 0.3) is 0 Å². The summed E-state index contributed by atoms with van der Waals surface area (Å²) < 4.78 is 10.6. The number of carbonyl (C=O) groups is 1. The van der Waals surface area contributed by atoms with Crippen molar-refractivity contribution in [1.82, 2.24) is 4.90 Å². The highest BCUT2D eigenvalue weighted by molar-refractivity contribution is 5.85. The summed E-state index contributed by atoms with van der Waals surface area (Å²) in [6.45, 7) is 9.35. The number of para-hydroxylation sites is 1. The molecule has 0 aliphatic carbocycles. The van der Waals surface area contributed by atoms with Gasteiger partial charge in [0.2, 0.25) is 0 Å². The maximum Gasteiger partial charge on any atom is 0.513 e. The topological polar surface area (TPSA) is 38.8 Å². The predicted molar refractivity (Wildman–Crippen MR) is 92.4 cm³/mol. The molecule has 0 N–H and O–H groups in total. The molecule has 0 spiro atoms. The van der Waals surface area contributed by atoms with Gasteiger partial charge in [0, 0.05) is 6.54 Å². The first-order valence-corrected chi connectivity index (χ1v) is 7.45. The van der Waals surface area contributed by atoms with Crippen molar-refractivity contribution in [2.45, 2.75) is 39.5 Å². The van der Waals surface area contributed by atoms with E-state index in [0.717, 1.165) is 11.1 Å². The van der Waals surface area contributed by atoms with Gasteiger partial charge < -0.3 is 14.4 Å². The number of likely N-dealkylation sites (N-methyl/N-ethyl adjacent to an activating group) is 1. The van der Waals surface area contributed by atoms with Gasteiger partial charge in [-0.1, -0.05) is 45.9 Å². The average molecular weight is 330 g/mol. The van der Waals surface area contributed by atoms with Crippen LogP contribution in [0.15, 0.2) is 18.2 Å². The van der Waals surface area contributed by atoms with Crippen molar-refractivity contribution in [1.29, 1.82) is 0 Å². The molecule has 0 aliphatic rings. The Morgan fingerprint density at radius 3 is 2.00 bits per heavy atom. The summed E-state index contributed by atoms with van der Waals surface area (Å²) in [5.74, 6) is 1.22. The highest BCUT2D eigenvalue weighted by Crippen LogP contribution is 2.34. The van der Waals surface area contributed by atoms with Crippen LogP contribution in [0.1, 0.15) is 50.7 Å². The minimum absolute atomic E-state index is 0. The van der Waals surface area contributed by atoms with E-state index in [1.165, 1.54) is 0 Å². The predicted octanol–water partition coefficient (Wildman–Crippen LogP) is 4.43. The van der Waals surface area contributed by atoms with Crippen molar-refractivity contribution in [2.24, 2.45) is 0 Å². The Bertz CT molecular complexity index is 447. The lowest BCUT2D eigenvalue weighted by Crippen LogP contribution is -2.22. The Morgan fingerprint density at radius 1 is 1.09 bits per heavy atom. The molecule has 1 aromatic rings. The van der Waals surface area contributed by atoms with E-state index < -0.39 is 6.16 Å². The molecule has 0 radical (unpaired) electrons. The molecule has 0 saturated heterocycles. The molecule has 0 aliphatic heterocycles. The lowest BCUT2D eigenvalue weighted by Gasteiger charge is -2.18. The van der Waals surface area contributed by atoms with E-state index in [4.69, 9.17) is 9.47 Å². The maximum atomic E-state index is 11.9. The van der Waals surface area contributed by atoms with Gasteiger partial charge in [-0.25, -0.2) is 4.79 Å². The zero-order chi connectivity index (χ0) is 16.0. The summed E-state index contributed by atoms with van der Waals surface area (Å²) in [5.41, 5.74) is 2.07. The summed E-state index contributed by atoms with van der Waals surface area (Å²) >= 11 is 0. The molecular weight excluding hydrogens is 302 g/mol. The van der Waals surface area contributed by atoms with E-state index >= 15 is 0 Å². The Balaban J connectivity index is 0.00000441. The van der Waals surface area contributed by atoms with Crippen LogP contribution in [0, 0.1) is 0 Å². The van der Waals surface area contributed by atoms with Gasteiger partial charge in [-0.3, -0.25) is 0 Å². The van der Waals surface area contributed by atoms with Gasteiger partial charge in [0.1, 0.15) is 12.4 Å². The second-order valence-electron chi connectivity index (χ2n) is 6.08. The van der Waals surface area contributed by atoms with Gasteiger partial charge in [-0.15, -0.1) is 12.4 Å². The second-order valence-corrected chi connectivity index (χ2v) is 6.08. The van der Waals surface area contributed by atoms with Crippen molar-refractivity contribution >= 4 is 18.6 Å². The Labute approximate surface area is 140 Å². The Kier molecular flexibility index (Phi) is 9.14. The van der Waals surface area contributed by atoms with Crippen LogP contribution in [0.4, 0.5) is 4.79 Å². The molecule has 5 heteroatoms. The first kappa shape index (κ1) is 20.7. The summed E-state index contributed by atoms with van der Waals surface area (Å²) in [7, 11) is 3.86. The fraction of sp³-hybridized carbons (Fsp3) is 0.588. The van der Waals surface area contributed by atoms with Crippen LogP contribution in [-0.4, -0.2) is 38.3 Å². The third-order valence-corrected chi connectivity index (χ3v) is 3.26. The van der Waals surface area contributed by atoms with Crippen LogP contribution in [0.5, 0.6) is 5.75 Å². The summed E-state index contributed by atoms with van der Waals surface area (Å²) in [4.78, 5) is 13.8. The van der Waals surface area contributed by atoms with E-state index in [0.29, 0.717) is 18.9 Å². The highest BCUT2D eigenvalue weighted by Gasteiger charge is 2.18. The normalized spacial score (nSPS) is 10.8. The van der Waals surface area contributed by atoms with Crippen LogP contribution >= 0.6 is 12.4 Å². The maximum absolute atomic E-state index is 11.9. The molecule has 1 aromatic carbocycles. The molecule has 0 heterocycles. The number of rotatable bonds is 6. The van der Waals surface area contributed by atoms with E-state index in [-0.39, 0.29) is 24.2 Å². The molecular formula is C17H28ClNO3. The summed E-state index contributed by atoms with van der Waals surface area (Å²) in [6, 6.07) is 6.01. The second kappa shape index (κ2) is 9.70. The third-order valence-electron chi connectivity index (χ3n) is 3.26. The molecule has 0 unspecified atom stereocenters. The van der Waals surface area contributed by atoms with Crippen molar-refractivity contribution < 1.29 is 14.3 Å². The van der Waals surface area contributed by atoms with Gasteiger partial charge >= 0.3 is 6.16 Å². The van der Waals surface area contributed by atoms with E-state index in [1.54, 1.807) is 0 Å². The highest BCUT2D eigenvalue weighted by atomic mass is 35.5. The van der Waals surface area contributed by atoms with Crippen LogP contribution in [0.25, 0.3) is 0 Å². The Morgan fingerprint density at radius 2 is 1.59 bits per heavy atom. The van der Waals surface area contributed by atoms with Crippen molar-refractivity contribution in [3.8, 4) is 5.75 Å². The molecule has 4 nitrogen and oxygen atoms in total. The largest absolute Gasteiger partial charge is 0.513 e. The SMILES string of the molecule is CC(C)c1cccc(C(C)C)c1OC(=O)OCCN(C)C.Cl. The number of halogens is 1. The lowest BCUT2D eigenvalue weighted by atomic mass is 9.94. The van der Waals surface area contributed by atoms with Gasteiger partial charge in [0.15, 0.2) is 0 Å². The molecule has 1 rings (SSSR count). The number of benzene rings is 1. The lowest BCUT2D eigenvalue weighted by molar-refractivity contribution is 0.0919. The van der Waals surface area contributed by atoms with Crippen molar-refractivity contribution in [2.75, 3.05) is 27.2 Å². The monoisotopic (exact) mass is 329 g/mol. The average Bonchev–Trinajstić information content (AvgIpc) is 2.37. The molecule has 0 saturated carbocycles. The van der Waals surface area contributed by atoms with Gasteiger partial charge in [-0.2, -0.15) is 0 Å². The zero-order valence-electron chi connectivity index (χ0n) is 14.4. The van der Waals surface area contributed by atoms with Crippen molar-refractivity contribution in [3.63, 3.8) is 0 Å². The molecule has 0 bridgehead atoms. The van der Waals surface area contributed by atoms with E-state index in [1.807, 2.05) is 37.2 Å². The fourth-order valence-electron chi connectivity index (χ4n) is 2.02. The molecule has 22 heavy (non-hydrogen) atoms. The number of nitrogens with zero attached hydrogens (tertiary/aromatic N) is 1. The van der Waals surface area contributed by atoms with Crippen molar-refractivity contribution in [3.05, 3.63) is 29.3 Å². The zero-order valence-corrected chi connectivity index (χ0v) is 15.2. The van der Waals surface area contributed by atoms with Crippen LogP contribution in [-0.2, 0) is 4.74 Å². The first-order valence-electron chi connectivity index (χ1n) is 7.45. The smallest absolute Gasteiger partial charge is 0.433 e.